The summed E-state index contributed by atoms with van der Waals surface area (Å²) in [6, 6.07) is 5.91. The number of carbonyl (C=O) groups excluding carboxylic acids is 1. The Bertz CT molecular complexity index is 998. The van der Waals surface area contributed by atoms with E-state index < -0.39 is 0 Å². The minimum atomic E-state index is -0.0602. The predicted octanol–water partition coefficient (Wildman–Crippen LogP) is 2.41. The molecule has 6 heteroatoms. The topological polar surface area (TPSA) is 83.6 Å². The maximum Gasteiger partial charge on any atom is 0.268 e. The van der Waals surface area contributed by atoms with E-state index in [1.165, 1.54) is 6.33 Å². The van der Waals surface area contributed by atoms with Gasteiger partial charge in [0, 0.05) is 42.0 Å². The zero-order valence-electron chi connectivity index (χ0n) is 13.2. The Kier molecular flexibility index (Phi) is 3.28. The van der Waals surface area contributed by atoms with Crippen molar-refractivity contribution in [3.8, 4) is 17.2 Å². The van der Waals surface area contributed by atoms with E-state index in [0.29, 0.717) is 17.8 Å². The summed E-state index contributed by atoms with van der Waals surface area (Å²) in [4.78, 5) is 20.7. The molecule has 0 unspecified atom stereocenters. The Morgan fingerprint density at radius 1 is 1.29 bits per heavy atom. The Balaban J connectivity index is 2.14. The summed E-state index contributed by atoms with van der Waals surface area (Å²) in [5, 5.41) is 13.3. The van der Waals surface area contributed by atoms with Gasteiger partial charge in [-0.1, -0.05) is 0 Å². The largest absolute Gasteiger partial charge is 0.351 e. The minimum absolute atomic E-state index is 0.0602. The molecule has 3 aromatic rings. The highest BCUT2D eigenvalue weighted by atomic mass is 16.2. The average Bonchev–Trinajstić information content (AvgIpc) is 2.77. The average molecular weight is 317 g/mol. The number of aromatic nitrogens is 3. The van der Waals surface area contributed by atoms with E-state index in [2.05, 4.69) is 25.9 Å². The van der Waals surface area contributed by atoms with E-state index in [0.717, 1.165) is 40.6 Å². The first kappa shape index (κ1) is 14.4. The lowest BCUT2D eigenvalue weighted by atomic mass is 10.0. The summed E-state index contributed by atoms with van der Waals surface area (Å²) in [6.07, 6.45) is 5.81. The molecule has 2 aromatic heterocycles. The van der Waals surface area contributed by atoms with Crippen LogP contribution in [0.25, 0.3) is 22.0 Å². The number of nitrogens with one attached hydrogen (secondary N) is 1. The fourth-order valence-corrected chi connectivity index (χ4v) is 3.41. The summed E-state index contributed by atoms with van der Waals surface area (Å²) in [7, 11) is 0. The Labute approximate surface area is 138 Å². The van der Waals surface area contributed by atoms with E-state index in [1.807, 2.05) is 19.1 Å². The molecule has 0 saturated heterocycles. The van der Waals surface area contributed by atoms with Crippen molar-refractivity contribution < 1.29 is 4.79 Å². The second kappa shape index (κ2) is 5.46. The molecule has 1 aliphatic rings. The van der Waals surface area contributed by atoms with Gasteiger partial charge in [-0.05, 0) is 31.0 Å². The zero-order valence-corrected chi connectivity index (χ0v) is 13.2. The third-order valence-electron chi connectivity index (χ3n) is 4.47. The number of hydrogen-bond donors (Lipinski definition) is 1. The van der Waals surface area contributed by atoms with Crippen LogP contribution in [-0.2, 0) is 6.54 Å². The van der Waals surface area contributed by atoms with Crippen molar-refractivity contribution in [2.45, 2.75) is 19.9 Å². The number of amides is 1. The van der Waals surface area contributed by atoms with Crippen LogP contribution in [0.15, 0.2) is 30.9 Å². The zero-order chi connectivity index (χ0) is 16.7. The van der Waals surface area contributed by atoms with Gasteiger partial charge in [0.15, 0.2) is 0 Å². The lowest BCUT2D eigenvalue weighted by Crippen LogP contribution is -2.23. The van der Waals surface area contributed by atoms with E-state index in [9.17, 15) is 10.1 Å². The molecular formula is C18H15N5O. The van der Waals surface area contributed by atoms with Crippen LogP contribution in [0, 0.1) is 18.3 Å². The SMILES string of the molecule is Cc1c2n(c3c(-c4cncnc4)cc(C#N)cc13)CCCNC2=O. The van der Waals surface area contributed by atoms with Crippen molar-refractivity contribution in [2.75, 3.05) is 6.54 Å². The number of fused-ring (bicyclic) bond motifs is 3. The van der Waals surface area contributed by atoms with Crippen LogP contribution in [0.2, 0.25) is 0 Å². The monoisotopic (exact) mass is 317 g/mol. The molecule has 6 nitrogen and oxygen atoms in total. The molecule has 0 atom stereocenters. The van der Waals surface area contributed by atoms with Crippen LogP contribution in [0.3, 0.4) is 0 Å². The van der Waals surface area contributed by atoms with Crippen molar-refractivity contribution in [3.63, 3.8) is 0 Å². The third-order valence-corrected chi connectivity index (χ3v) is 4.47. The molecule has 1 aliphatic heterocycles. The second-order valence-corrected chi connectivity index (χ2v) is 5.89. The number of nitriles is 1. The van der Waals surface area contributed by atoms with E-state index in [4.69, 9.17) is 0 Å². The van der Waals surface area contributed by atoms with Gasteiger partial charge in [0.05, 0.1) is 17.1 Å². The molecule has 1 amide bonds. The Morgan fingerprint density at radius 2 is 2.08 bits per heavy atom. The van der Waals surface area contributed by atoms with Crippen LogP contribution in [0.1, 0.15) is 28.0 Å². The van der Waals surface area contributed by atoms with Crippen molar-refractivity contribution in [1.29, 1.82) is 5.26 Å². The summed E-state index contributed by atoms with van der Waals surface area (Å²) >= 11 is 0. The van der Waals surface area contributed by atoms with Crippen molar-refractivity contribution in [2.24, 2.45) is 0 Å². The molecule has 0 saturated carbocycles. The molecular weight excluding hydrogens is 302 g/mol. The van der Waals surface area contributed by atoms with Crippen LogP contribution < -0.4 is 5.32 Å². The molecule has 0 bridgehead atoms. The molecule has 0 spiro atoms. The molecule has 0 aliphatic carbocycles. The summed E-state index contributed by atoms with van der Waals surface area (Å²) < 4.78 is 2.07. The number of hydrogen-bond acceptors (Lipinski definition) is 4. The third kappa shape index (κ3) is 2.06. The second-order valence-electron chi connectivity index (χ2n) is 5.89. The maximum absolute atomic E-state index is 12.5. The van der Waals surface area contributed by atoms with Gasteiger partial charge in [0.2, 0.25) is 0 Å². The lowest BCUT2D eigenvalue weighted by molar-refractivity contribution is 0.0951. The first-order valence-corrected chi connectivity index (χ1v) is 7.81. The first-order valence-electron chi connectivity index (χ1n) is 7.81. The summed E-state index contributed by atoms with van der Waals surface area (Å²) in [5.74, 6) is -0.0602. The van der Waals surface area contributed by atoms with E-state index in [1.54, 1.807) is 12.4 Å². The van der Waals surface area contributed by atoms with Gasteiger partial charge < -0.3 is 9.88 Å². The van der Waals surface area contributed by atoms with Crippen LogP contribution in [0.4, 0.5) is 0 Å². The number of aryl methyl sites for hydroxylation is 2. The lowest BCUT2D eigenvalue weighted by Gasteiger charge is -2.10. The van der Waals surface area contributed by atoms with E-state index in [-0.39, 0.29) is 5.91 Å². The standard InChI is InChI=1S/C18H15N5O/c1-11-14-5-12(7-19)6-15(13-8-20-10-21-9-13)17(14)23-4-2-3-22-18(24)16(11)23/h5-6,8-10H,2-4H2,1H3,(H,22,24). The number of carbonyl (C=O) groups is 1. The van der Waals surface area contributed by atoms with E-state index >= 15 is 0 Å². The maximum atomic E-state index is 12.5. The predicted molar refractivity (Wildman–Crippen MR) is 89.4 cm³/mol. The van der Waals surface area contributed by atoms with Crippen molar-refractivity contribution >= 4 is 16.8 Å². The quantitative estimate of drug-likeness (QED) is 0.747. The normalized spacial score (nSPS) is 13.9. The molecule has 0 radical (unpaired) electrons. The van der Waals surface area contributed by atoms with Gasteiger partial charge in [-0.3, -0.25) is 4.79 Å². The van der Waals surface area contributed by atoms with Crippen molar-refractivity contribution in [3.05, 3.63) is 47.7 Å². The summed E-state index contributed by atoms with van der Waals surface area (Å²) in [6.45, 7) is 3.36. The minimum Gasteiger partial charge on any atom is -0.351 e. The fraction of sp³-hybridized carbons (Fsp3) is 0.222. The molecule has 3 heterocycles. The molecule has 24 heavy (non-hydrogen) atoms. The van der Waals surface area contributed by atoms with Crippen LogP contribution >= 0.6 is 0 Å². The van der Waals surface area contributed by atoms with Gasteiger partial charge in [-0.15, -0.1) is 0 Å². The molecule has 0 fully saturated rings. The fourth-order valence-electron chi connectivity index (χ4n) is 3.41. The highest BCUT2D eigenvalue weighted by molar-refractivity contribution is 6.06. The summed E-state index contributed by atoms with van der Waals surface area (Å²) in [5.41, 5.74) is 4.83. The van der Waals surface area contributed by atoms with Crippen LogP contribution in [-0.4, -0.2) is 27.0 Å². The Hall–Kier alpha value is -3.20. The number of nitrogens with zero attached hydrogens (tertiary/aromatic N) is 4. The van der Waals surface area contributed by atoms with Gasteiger partial charge >= 0.3 is 0 Å². The first-order chi connectivity index (χ1) is 11.7. The van der Waals surface area contributed by atoms with Gasteiger partial charge in [-0.2, -0.15) is 5.26 Å². The van der Waals surface area contributed by atoms with Crippen LogP contribution in [0.5, 0.6) is 0 Å². The molecule has 1 aromatic carbocycles. The van der Waals surface area contributed by atoms with Gasteiger partial charge in [0.25, 0.3) is 5.91 Å². The number of benzene rings is 1. The van der Waals surface area contributed by atoms with Crippen molar-refractivity contribution in [1.82, 2.24) is 19.9 Å². The Morgan fingerprint density at radius 3 is 2.83 bits per heavy atom. The smallest absolute Gasteiger partial charge is 0.268 e. The highest BCUT2D eigenvalue weighted by Gasteiger charge is 2.24. The van der Waals surface area contributed by atoms with Gasteiger partial charge in [-0.25, -0.2) is 9.97 Å². The molecule has 118 valence electrons. The highest BCUT2D eigenvalue weighted by Crippen LogP contribution is 2.35. The molecule has 1 N–H and O–H groups in total. The van der Waals surface area contributed by atoms with Gasteiger partial charge in [0.1, 0.15) is 12.0 Å². The molecule has 4 rings (SSSR count). The number of rotatable bonds is 1.